The van der Waals surface area contributed by atoms with Crippen LogP contribution in [0.1, 0.15) is 5.56 Å². The maximum atomic E-state index is 8.93. The molecule has 0 saturated carbocycles. The van der Waals surface area contributed by atoms with Crippen LogP contribution in [0.4, 0.5) is 0 Å². The van der Waals surface area contributed by atoms with Gasteiger partial charge >= 0.3 is 0 Å². The van der Waals surface area contributed by atoms with Crippen LogP contribution in [0.5, 0.6) is 11.6 Å². The van der Waals surface area contributed by atoms with Gasteiger partial charge in [-0.3, -0.25) is 4.98 Å². The fraction of sp³-hybridized carbons (Fsp3) is 0.0909. The third-order valence-corrected chi connectivity index (χ3v) is 1.84. The Balaban J connectivity index is 2.17. The summed E-state index contributed by atoms with van der Waals surface area (Å²) in [7, 11) is 0. The van der Waals surface area contributed by atoms with E-state index in [9.17, 15) is 0 Å². The van der Waals surface area contributed by atoms with E-state index in [4.69, 9.17) is 9.84 Å². The Kier molecular flexibility index (Phi) is 2.90. The van der Waals surface area contributed by atoms with E-state index in [1.807, 2.05) is 0 Å². The van der Waals surface area contributed by atoms with Gasteiger partial charge in [-0.1, -0.05) is 0 Å². The molecule has 0 fully saturated rings. The molecule has 0 aliphatic heterocycles. The van der Waals surface area contributed by atoms with Gasteiger partial charge in [-0.05, 0) is 23.8 Å². The Morgan fingerprint density at radius 3 is 2.93 bits per heavy atom. The zero-order valence-electron chi connectivity index (χ0n) is 8.00. The van der Waals surface area contributed by atoms with E-state index in [1.165, 1.54) is 0 Å². The number of rotatable bonds is 3. The van der Waals surface area contributed by atoms with Crippen LogP contribution in [0, 0.1) is 0 Å². The van der Waals surface area contributed by atoms with Gasteiger partial charge in [0.1, 0.15) is 5.75 Å². The van der Waals surface area contributed by atoms with Crippen LogP contribution >= 0.6 is 0 Å². The second kappa shape index (κ2) is 4.52. The van der Waals surface area contributed by atoms with Crippen molar-refractivity contribution in [3.05, 3.63) is 48.4 Å². The third-order valence-electron chi connectivity index (χ3n) is 1.84. The van der Waals surface area contributed by atoms with E-state index in [-0.39, 0.29) is 6.61 Å². The molecule has 2 aromatic rings. The molecule has 0 radical (unpaired) electrons. The van der Waals surface area contributed by atoms with Gasteiger partial charge in [0.05, 0.1) is 12.8 Å². The predicted octanol–water partition coefficient (Wildman–Crippen LogP) is 1.76. The molecule has 0 aromatic carbocycles. The lowest BCUT2D eigenvalue weighted by molar-refractivity contribution is 0.281. The number of aliphatic hydroxyl groups excluding tert-OH is 1. The first-order chi connectivity index (χ1) is 7.38. The standard InChI is InChI=1S/C11H10N2O2/c14-8-9-3-5-13-11(6-9)15-10-2-1-4-12-7-10/h1-7,14H,8H2. The van der Waals surface area contributed by atoms with Gasteiger partial charge in [0.25, 0.3) is 0 Å². The van der Waals surface area contributed by atoms with E-state index in [1.54, 1.807) is 42.9 Å². The molecule has 76 valence electrons. The zero-order valence-corrected chi connectivity index (χ0v) is 8.00. The number of pyridine rings is 2. The summed E-state index contributed by atoms with van der Waals surface area (Å²) >= 11 is 0. The highest BCUT2D eigenvalue weighted by Crippen LogP contribution is 2.18. The van der Waals surface area contributed by atoms with Crippen molar-refractivity contribution in [2.24, 2.45) is 0 Å². The molecule has 2 aromatic heterocycles. The van der Waals surface area contributed by atoms with E-state index >= 15 is 0 Å². The lowest BCUT2D eigenvalue weighted by Gasteiger charge is -2.04. The molecule has 2 heterocycles. The summed E-state index contributed by atoms with van der Waals surface area (Å²) in [5, 5.41) is 8.93. The average molecular weight is 202 g/mol. The minimum Gasteiger partial charge on any atom is -0.437 e. The Morgan fingerprint density at radius 2 is 2.20 bits per heavy atom. The zero-order chi connectivity index (χ0) is 10.5. The number of hydrogen-bond acceptors (Lipinski definition) is 4. The molecular weight excluding hydrogens is 192 g/mol. The number of aliphatic hydroxyl groups is 1. The van der Waals surface area contributed by atoms with Crippen LogP contribution in [0.3, 0.4) is 0 Å². The highest BCUT2D eigenvalue weighted by molar-refractivity contribution is 5.26. The van der Waals surface area contributed by atoms with Crippen LogP contribution in [0.25, 0.3) is 0 Å². The number of ether oxygens (including phenoxy) is 1. The van der Waals surface area contributed by atoms with Crippen molar-refractivity contribution in [1.82, 2.24) is 9.97 Å². The van der Waals surface area contributed by atoms with Crippen LogP contribution in [0.2, 0.25) is 0 Å². The topological polar surface area (TPSA) is 55.2 Å². The summed E-state index contributed by atoms with van der Waals surface area (Å²) in [4.78, 5) is 7.94. The molecule has 0 amide bonds. The normalized spacial score (nSPS) is 9.93. The molecule has 1 N–H and O–H groups in total. The lowest BCUT2D eigenvalue weighted by atomic mass is 10.3. The minimum atomic E-state index is -0.0219. The first kappa shape index (κ1) is 9.61. The Labute approximate surface area is 87.2 Å². The Hall–Kier alpha value is -1.94. The average Bonchev–Trinajstić information content (AvgIpc) is 2.31. The maximum absolute atomic E-state index is 8.93. The largest absolute Gasteiger partial charge is 0.437 e. The fourth-order valence-corrected chi connectivity index (χ4v) is 1.13. The number of nitrogens with zero attached hydrogens (tertiary/aromatic N) is 2. The Bertz CT molecular complexity index is 432. The molecule has 0 aliphatic carbocycles. The van der Waals surface area contributed by atoms with Gasteiger partial charge in [-0.25, -0.2) is 4.98 Å². The molecule has 0 atom stereocenters. The summed E-state index contributed by atoms with van der Waals surface area (Å²) in [5.41, 5.74) is 0.767. The smallest absolute Gasteiger partial charge is 0.219 e. The van der Waals surface area contributed by atoms with Crippen molar-refractivity contribution in [3.63, 3.8) is 0 Å². The summed E-state index contributed by atoms with van der Waals surface area (Å²) in [6.07, 6.45) is 4.87. The highest BCUT2D eigenvalue weighted by atomic mass is 16.5. The molecule has 0 bridgehead atoms. The van der Waals surface area contributed by atoms with Gasteiger partial charge < -0.3 is 9.84 Å². The van der Waals surface area contributed by atoms with Crippen molar-refractivity contribution in [2.75, 3.05) is 0 Å². The van der Waals surface area contributed by atoms with E-state index < -0.39 is 0 Å². The molecule has 0 spiro atoms. The van der Waals surface area contributed by atoms with Crippen molar-refractivity contribution in [3.8, 4) is 11.6 Å². The first-order valence-electron chi connectivity index (χ1n) is 4.52. The molecule has 0 aliphatic rings. The highest BCUT2D eigenvalue weighted by Gasteiger charge is 1.99. The second-order valence-corrected chi connectivity index (χ2v) is 2.95. The van der Waals surface area contributed by atoms with Crippen LogP contribution < -0.4 is 4.74 Å². The van der Waals surface area contributed by atoms with Crippen molar-refractivity contribution in [1.29, 1.82) is 0 Å². The Morgan fingerprint density at radius 1 is 1.27 bits per heavy atom. The maximum Gasteiger partial charge on any atom is 0.219 e. The number of hydrogen-bond donors (Lipinski definition) is 1. The monoisotopic (exact) mass is 202 g/mol. The summed E-state index contributed by atoms with van der Waals surface area (Å²) < 4.78 is 5.44. The molecular formula is C11H10N2O2. The first-order valence-corrected chi connectivity index (χ1v) is 4.52. The van der Waals surface area contributed by atoms with Crippen molar-refractivity contribution >= 4 is 0 Å². The summed E-state index contributed by atoms with van der Waals surface area (Å²) in [5.74, 6) is 1.08. The molecule has 0 unspecified atom stereocenters. The van der Waals surface area contributed by atoms with Gasteiger partial charge in [-0.15, -0.1) is 0 Å². The molecule has 0 saturated heterocycles. The van der Waals surface area contributed by atoms with Crippen LogP contribution in [0.15, 0.2) is 42.9 Å². The molecule has 4 nitrogen and oxygen atoms in total. The molecule has 2 rings (SSSR count). The summed E-state index contributed by atoms with van der Waals surface area (Å²) in [6, 6.07) is 6.99. The van der Waals surface area contributed by atoms with Gasteiger partial charge in [0, 0.05) is 18.5 Å². The fourth-order valence-electron chi connectivity index (χ4n) is 1.13. The van der Waals surface area contributed by atoms with Crippen molar-refractivity contribution < 1.29 is 9.84 Å². The molecule has 4 heteroatoms. The lowest BCUT2D eigenvalue weighted by Crippen LogP contribution is -1.90. The SMILES string of the molecule is OCc1ccnc(Oc2cccnc2)c1. The van der Waals surface area contributed by atoms with Gasteiger partial charge in [0.2, 0.25) is 5.88 Å². The number of aromatic nitrogens is 2. The van der Waals surface area contributed by atoms with E-state index in [0.717, 1.165) is 5.56 Å². The van der Waals surface area contributed by atoms with E-state index in [0.29, 0.717) is 11.6 Å². The second-order valence-electron chi connectivity index (χ2n) is 2.95. The van der Waals surface area contributed by atoms with Crippen LogP contribution in [-0.4, -0.2) is 15.1 Å². The van der Waals surface area contributed by atoms with Crippen molar-refractivity contribution in [2.45, 2.75) is 6.61 Å². The molecule has 15 heavy (non-hydrogen) atoms. The van der Waals surface area contributed by atoms with E-state index in [2.05, 4.69) is 9.97 Å². The predicted molar refractivity (Wildman–Crippen MR) is 54.5 cm³/mol. The quantitative estimate of drug-likeness (QED) is 0.823. The summed E-state index contributed by atoms with van der Waals surface area (Å²) in [6.45, 7) is -0.0219. The van der Waals surface area contributed by atoms with Gasteiger partial charge in [-0.2, -0.15) is 0 Å². The van der Waals surface area contributed by atoms with Gasteiger partial charge in [0.15, 0.2) is 0 Å². The van der Waals surface area contributed by atoms with Crippen LogP contribution in [-0.2, 0) is 6.61 Å². The third kappa shape index (κ3) is 2.51. The minimum absolute atomic E-state index is 0.0219.